The molecule has 0 amide bonds. The first kappa shape index (κ1) is 13.3. The Morgan fingerprint density at radius 3 is 2.53 bits per heavy atom. The van der Waals surface area contributed by atoms with Gasteiger partial charge in [0, 0.05) is 5.92 Å². The van der Waals surface area contributed by atoms with Crippen molar-refractivity contribution in [1.82, 2.24) is 0 Å². The van der Waals surface area contributed by atoms with E-state index in [4.69, 9.17) is 0 Å². The van der Waals surface area contributed by atoms with E-state index >= 15 is 0 Å². The Morgan fingerprint density at radius 2 is 2.00 bits per heavy atom. The molecule has 1 aromatic carbocycles. The van der Waals surface area contributed by atoms with Crippen molar-refractivity contribution >= 4 is 5.97 Å². The van der Waals surface area contributed by atoms with Crippen LogP contribution in [0.2, 0.25) is 0 Å². The van der Waals surface area contributed by atoms with Crippen molar-refractivity contribution in [3.8, 4) is 11.8 Å². The van der Waals surface area contributed by atoms with Gasteiger partial charge < -0.3 is 9.84 Å². The lowest BCUT2D eigenvalue weighted by Gasteiger charge is -2.16. The Labute approximate surface area is 101 Å². The Bertz CT molecular complexity index is 447. The molecule has 17 heavy (non-hydrogen) atoms. The molecule has 0 heterocycles. The maximum Gasteiger partial charge on any atom is 0.384 e. The van der Waals surface area contributed by atoms with Crippen LogP contribution >= 0.6 is 0 Å². The summed E-state index contributed by atoms with van der Waals surface area (Å²) in [5, 5.41) is 10.1. The van der Waals surface area contributed by atoms with E-state index in [2.05, 4.69) is 16.6 Å². The minimum Gasteiger partial charge on any atom is -0.456 e. The number of ether oxygens (including phenoxy) is 1. The Kier molecular flexibility index (Phi) is 4.30. The SMILES string of the molecule is CCOC(=O)C#CC(C)(O)c1ccc(C)cc1. The molecule has 0 fully saturated rings. The third-order valence-corrected chi connectivity index (χ3v) is 2.30. The second kappa shape index (κ2) is 5.51. The molecule has 0 aliphatic heterocycles. The number of carbonyl (C=O) groups is 1. The summed E-state index contributed by atoms with van der Waals surface area (Å²) < 4.78 is 4.67. The minimum atomic E-state index is -1.35. The highest BCUT2D eigenvalue weighted by Gasteiger charge is 2.19. The number of hydrogen-bond acceptors (Lipinski definition) is 3. The molecule has 0 radical (unpaired) electrons. The van der Waals surface area contributed by atoms with Gasteiger partial charge in [-0.1, -0.05) is 35.7 Å². The van der Waals surface area contributed by atoms with E-state index < -0.39 is 11.6 Å². The summed E-state index contributed by atoms with van der Waals surface area (Å²) in [5.74, 6) is 4.16. The quantitative estimate of drug-likeness (QED) is 0.480. The molecular weight excluding hydrogens is 216 g/mol. The Morgan fingerprint density at radius 1 is 1.41 bits per heavy atom. The Balaban J connectivity index is 2.87. The van der Waals surface area contributed by atoms with E-state index in [0.29, 0.717) is 5.56 Å². The molecule has 0 aliphatic rings. The number of rotatable bonds is 2. The van der Waals surface area contributed by atoms with Gasteiger partial charge in [0.2, 0.25) is 0 Å². The van der Waals surface area contributed by atoms with E-state index in [1.807, 2.05) is 19.1 Å². The molecule has 1 aromatic rings. The third-order valence-electron chi connectivity index (χ3n) is 2.30. The highest BCUT2D eigenvalue weighted by atomic mass is 16.5. The molecule has 3 heteroatoms. The summed E-state index contributed by atoms with van der Waals surface area (Å²) in [5.41, 5.74) is 0.406. The van der Waals surface area contributed by atoms with Gasteiger partial charge in [-0.05, 0) is 26.3 Å². The van der Waals surface area contributed by atoms with E-state index in [9.17, 15) is 9.90 Å². The van der Waals surface area contributed by atoms with E-state index in [1.54, 1.807) is 26.0 Å². The smallest absolute Gasteiger partial charge is 0.384 e. The second-order valence-corrected chi connectivity index (χ2v) is 3.91. The van der Waals surface area contributed by atoms with Crippen LogP contribution in [0.25, 0.3) is 0 Å². The molecule has 0 bridgehead atoms. The largest absolute Gasteiger partial charge is 0.456 e. The van der Waals surface area contributed by atoms with Gasteiger partial charge in [0.25, 0.3) is 0 Å². The molecule has 0 spiro atoms. The van der Waals surface area contributed by atoms with Crippen LogP contribution in [0.1, 0.15) is 25.0 Å². The number of aliphatic hydroxyl groups is 1. The van der Waals surface area contributed by atoms with Crippen LogP contribution < -0.4 is 0 Å². The maximum absolute atomic E-state index is 11.1. The lowest BCUT2D eigenvalue weighted by atomic mass is 9.96. The highest BCUT2D eigenvalue weighted by molar-refractivity contribution is 5.88. The third kappa shape index (κ3) is 3.93. The lowest BCUT2D eigenvalue weighted by molar-refractivity contribution is -0.136. The van der Waals surface area contributed by atoms with Crippen LogP contribution in [0.5, 0.6) is 0 Å². The molecule has 1 atom stereocenters. The second-order valence-electron chi connectivity index (χ2n) is 3.91. The molecule has 1 N–H and O–H groups in total. The number of aryl methyl sites for hydroxylation is 1. The van der Waals surface area contributed by atoms with E-state index in [1.165, 1.54) is 0 Å². The highest BCUT2D eigenvalue weighted by Crippen LogP contribution is 2.19. The van der Waals surface area contributed by atoms with Crippen molar-refractivity contribution in [1.29, 1.82) is 0 Å². The van der Waals surface area contributed by atoms with Crippen molar-refractivity contribution in [2.24, 2.45) is 0 Å². The summed E-state index contributed by atoms with van der Waals surface area (Å²) in [6.45, 7) is 5.49. The zero-order valence-corrected chi connectivity index (χ0v) is 10.3. The maximum atomic E-state index is 11.1. The predicted octanol–water partition coefficient (Wildman–Crippen LogP) is 1.77. The van der Waals surface area contributed by atoms with Crippen LogP contribution in [-0.4, -0.2) is 17.7 Å². The molecule has 0 saturated carbocycles. The Hall–Kier alpha value is -1.79. The van der Waals surface area contributed by atoms with Crippen molar-refractivity contribution in [2.75, 3.05) is 6.61 Å². The number of benzene rings is 1. The predicted molar refractivity (Wildman–Crippen MR) is 65.2 cm³/mol. The fourth-order valence-electron chi connectivity index (χ4n) is 1.29. The fraction of sp³-hybridized carbons (Fsp3) is 0.357. The van der Waals surface area contributed by atoms with Gasteiger partial charge in [0.1, 0.15) is 5.60 Å². The molecular formula is C14H16O3. The summed E-state index contributed by atoms with van der Waals surface area (Å²) in [4.78, 5) is 11.1. The molecule has 1 rings (SSSR count). The van der Waals surface area contributed by atoms with Gasteiger partial charge >= 0.3 is 5.97 Å². The van der Waals surface area contributed by atoms with Gasteiger partial charge in [0.05, 0.1) is 6.61 Å². The van der Waals surface area contributed by atoms with Crippen LogP contribution in [0, 0.1) is 18.8 Å². The van der Waals surface area contributed by atoms with Gasteiger partial charge in [-0.25, -0.2) is 4.79 Å². The molecule has 90 valence electrons. The normalized spacial score (nSPS) is 13.2. The molecule has 0 aliphatic carbocycles. The average molecular weight is 232 g/mol. The van der Waals surface area contributed by atoms with E-state index in [0.717, 1.165) is 5.56 Å². The fourth-order valence-corrected chi connectivity index (χ4v) is 1.29. The van der Waals surface area contributed by atoms with Crippen LogP contribution in [0.3, 0.4) is 0 Å². The van der Waals surface area contributed by atoms with Crippen molar-refractivity contribution < 1.29 is 14.6 Å². The van der Waals surface area contributed by atoms with E-state index in [-0.39, 0.29) is 6.61 Å². The zero-order valence-electron chi connectivity index (χ0n) is 10.3. The van der Waals surface area contributed by atoms with Crippen molar-refractivity contribution in [3.63, 3.8) is 0 Å². The standard InChI is InChI=1S/C14H16O3/c1-4-17-13(15)9-10-14(3,16)12-7-5-11(2)6-8-12/h5-8,16H,4H2,1-3H3. The summed E-state index contributed by atoms with van der Waals surface area (Å²) in [6.07, 6.45) is 0. The first-order chi connectivity index (χ1) is 7.95. The summed E-state index contributed by atoms with van der Waals surface area (Å²) in [7, 11) is 0. The van der Waals surface area contributed by atoms with Crippen LogP contribution in [-0.2, 0) is 15.1 Å². The van der Waals surface area contributed by atoms with Crippen LogP contribution in [0.4, 0.5) is 0 Å². The number of carbonyl (C=O) groups excluding carboxylic acids is 1. The molecule has 3 nitrogen and oxygen atoms in total. The number of hydrogen-bond donors (Lipinski definition) is 1. The summed E-state index contributed by atoms with van der Waals surface area (Å²) in [6, 6.07) is 7.34. The molecule has 1 unspecified atom stereocenters. The molecule has 0 aromatic heterocycles. The first-order valence-corrected chi connectivity index (χ1v) is 5.45. The average Bonchev–Trinajstić information content (AvgIpc) is 2.28. The lowest BCUT2D eigenvalue weighted by Crippen LogP contribution is -2.19. The van der Waals surface area contributed by atoms with Crippen molar-refractivity contribution in [2.45, 2.75) is 26.4 Å². The molecule has 0 saturated heterocycles. The van der Waals surface area contributed by atoms with Gasteiger partial charge in [-0.15, -0.1) is 0 Å². The monoisotopic (exact) mass is 232 g/mol. The summed E-state index contributed by atoms with van der Waals surface area (Å²) >= 11 is 0. The van der Waals surface area contributed by atoms with Gasteiger partial charge in [-0.2, -0.15) is 0 Å². The topological polar surface area (TPSA) is 46.5 Å². The van der Waals surface area contributed by atoms with Gasteiger partial charge in [-0.3, -0.25) is 0 Å². The minimum absolute atomic E-state index is 0.278. The van der Waals surface area contributed by atoms with Crippen LogP contribution in [0.15, 0.2) is 24.3 Å². The van der Waals surface area contributed by atoms with Gasteiger partial charge in [0.15, 0.2) is 0 Å². The van der Waals surface area contributed by atoms with Crippen molar-refractivity contribution in [3.05, 3.63) is 35.4 Å². The number of esters is 1. The first-order valence-electron chi connectivity index (χ1n) is 5.45. The zero-order chi connectivity index (χ0) is 12.9.